The van der Waals surface area contributed by atoms with E-state index in [0.717, 1.165) is 5.56 Å². The maximum Gasteiger partial charge on any atom is 0.242 e. The Kier molecular flexibility index (Phi) is 4.97. The quantitative estimate of drug-likeness (QED) is 0.801. The van der Waals surface area contributed by atoms with Gasteiger partial charge in [0.05, 0.1) is 6.42 Å². The van der Waals surface area contributed by atoms with Gasteiger partial charge in [-0.1, -0.05) is 12.1 Å². The second kappa shape index (κ2) is 6.25. The normalized spacial score (nSPS) is 11.7. The number of alkyl halides is 1. The topological polar surface area (TPSA) is 58.2 Å². The van der Waals surface area contributed by atoms with Crippen molar-refractivity contribution < 1.29 is 9.59 Å². The van der Waals surface area contributed by atoms with Gasteiger partial charge in [0, 0.05) is 12.7 Å². The molecular weight excluding hydrogens is 240 g/mol. The number of rotatable bonds is 4. The van der Waals surface area contributed by atoms with Gasteiger partial charge in [0.25, 0.3) is 0 Å². The Labute approximate surface area is 105 Å². The molecule has 0 aliphatic carbocycles. The minimum absolute atomic E-state index is 0.0452. The van der Waals surface area contributed by atoms with Crippen LogP contribution in [0.3, 0.4) is 0 Å². The number of hydrogen-bond acceptors (Lipinski definition) is 2. The molecule has 0 radical (unpaired) electrons. The van der Waals surface area contributed by atoms with Crippen LogP contribution < -0.4 is 10.6 Å². The molecule has 0 aliphatic heterocycles. The van der Waals surface area contributed by atoms with Crippen LogP contribution in [-0.2, 0) is 16.0 Å². The van der Waals surface area contributed by atoms with Crippen LogP contribution in [0.2, 0.25) is 0 Å². The predicted molar refractivity (Wildman–Crippen MR) is 68.2 cm³/mol. The van der Waals surface area contributed by atoms with Gasteiger partial charge in [-0.25, -0.2) is 0 Å². The van der Waals surface area contributed by atoms with Gasteiger partial charge in [0.1, 0.15) is 5.38 Å². The zero-order valence-corrected chi connectivity index (χ0v) is 10.5. The van der Waals surface area contributed by atoms with Crippen molar-refractivity contribution in [2.45, 2.75) is 18.7 Å². The summed E-state index contributed by atoms with van der Waals surface area (Å²) < 4.78 is 0. The highest BCUT2D eigenvalue weighted by Crippen LogP contribution is 2.11. The van der Waals surface area contributed by atoms with Crippen molar-refractivity contribution in [2.24, 2.45) is 0 Å². The van der Waals surface area contributed by atoms with Gasteiger partial charge in [0.2, 0.25) is 11.8 Å². The first-order valence-electron chi connectivity index (χ1n) is 5.27. The van der Waals surface area contributed by atoms with E-state index in [-0.39, 0.29) is 11.8 Å². The summed E-state index contributed by atoms with van der Waals surface area (Å²) in [6.07, 6.45) is 0.330. The van der Waals surface area contributed by atoms with Crippen LogP contribution in [0.15, 0.2) is 24.3 Å². The summed E-state index contributed by atoms with van der Waals surface area (Å²) in [6, 6.07) is 7.08. The minimum atomic E-state index is -0.569. The Morgan fingerprint density at radius 3 is 2.35 bits per heavy atom. The van der Waals surface area contributed by atoms with Crippen molar-refractivity contribution in [2.75, 3.05) is 12.4 Å². The molecule has 0 saturated carbocycles. The largest absolute Gasteiger partial charge is 0.359 e. The SMILES string of the molecule is CNC(=O)Cc1ccc(NC(=O)C(C)Cl)cc1. The minimum Gasteiger partial charge on any atom is -0.359 e. The summed E-state index contributed by atoms with van der Waals surface area (Å²) in [5.74, 6) is -0.290. The second-order valence-electron chi connectivity index (χ2n) is 3.65. The molecule has 0 aliphatic rings. The van der Waals surface area contributed by atoms with Gasteiger partial charge in [-0.05, 0) is 24.6 Å². The van der Waals surface area contributed by atoms with E-state index in [4.69, 9.17) is 11.6 Å². The van der Waals surface area contributed by atoms with Gasteiger partial charge in [-0.15, -0.1) is 11.6 Å². The van der Waals surface area contributed by atoms with Crippen LogP contribution in [0.25, 0.3) is 0 Å². The smallest absolute Gasteiger partial charge is 0.242 e. The van der Waals surface area contributed by atoms with E-state index >= 15 is 0 Å². The van der Waals surface area contributed by atoms with Crippen molar-refractivity contribution in [1.82, 2.24) is 5.32 Å². The number of amides is 2. The Hall–Kier alpha value is -1.55. The zero-order chi connectivity index (χ0) is 12.8. The van der Waals surface area contributed by atoms with E-state index in [1.807, 2.05) is 0 Å². The standard InChI is InChI=1S/C12H15ClN2O2/c1-8(13)12(17)15-10-5-3-9(4-6-10)7-11(16)14-2/h3-6,8H,7H2,1-2H3,(H,14,16)(H,15,17). The molecule has 1 rings (SSSR count). The highest BCUT2D eigenvalue weighted by Gasteiger charge is 2.09. The Balaban J connectivity index is 2.62. The van der Waals surface area contributed by atoms with Crippen LogP contribution >= 0.6 is 11.6 Å². The monoisotopic (exact) mass is 254 g/mol. The molecule has 0 heterocycles. The van der Waals surface area contributed by atoms with Gasteiger partial charge >= 0.3 is 0 Å². The fourth-order valence-corrected chi connectivity index (χ4v) is 1.28. The molecule has 2 N–H and O–H groups in total. The molecule has 1 atom stereocenters. The summed E-state index contributed by atoms with van der Waals surface area (Å²) in [5, 5.41) is 4.64. The number of hydrogen-bond donors (Lipinski definition) is 2. The molecule has 4 nitrogen and oxygen atoms in total. The van der Waals surface area contributed by atoms with Crippen molar-refractivity contribution in [1.29, 1.82) is 0 Å². The lowest BCUT2D eigenvalue weighted by molar-refractivity contribution is -0.120. The third kappa shape index (κ3) is 4.44. The van der Waals surface area contributed by atoms with E-state index in [2.05, 4.69) is 10.6 Å². The summed E-state index contributed by atoms with van der Waals surface area (Å²) in [5.41, 5.74) is 1.56. The number of nitrogens with one attached hydrogen (secondary N) is 2. The molecule has 17 heavy (non-hydrogen) atoms. The van der Waals surface area contributed by atoms with Crippen LogP contribution in [0, 0.1) is 0 Å². The predicted octanol–water partition coefficient (Wildman–Crippen LogP) is 1.54. The van der Waals surface area contributed by atoms with Crippen molar-refractivity contribution in [3.63, 3.8) is 0 Å². The molecule has 5 heteroatoms. The maximum absolute atomic E-state index is 11.3. The maximum atomic E-state index is 11.3. The first-order chi connectivity index (χ1) is 8.02. The number of carbonyl (C=O) groups excluding carboxylic acids is 2. The number of carbonyl (C=O) groups is 2. The first kappa shape index (κ1) is 13.5. The van der Waals surface area contributed by atoms with Crippen LogP contribution in [0.5, 0.6) is 0 Å². The molecule has 0 bridgehead atoms. The second-order valence-corrected chi connectivity index (χ2v) is 4.31. The highest BCUT2D eigenvalue weighted by atomic mass is 35.5. The molecule has 92 valence electrons. The van der Waals surface area contributed by atoms with E-state index in [9.17, 15) is 9.59 Å². The Morgan fingerprint density at radius 1 is 1.29 bits per heavy atom. The molecule has 0 aromatic heterocycles. The fourth-order valence-electron chi connectivity index (χ4n) is 1.22. The Morgan fingerprint density at radius 2 is 1.88 bits per heavy atom. The van der Waals surface area contributed by atoms with Crippen LogP contribution in [0.4, 0.5) is 5.69 Å². The van der Waals surface area contributed by atoms with Crippen LogP contribution in [-0.4, -0.2) is 24.2 Å². The van der Waals surface area contributed by atoms with Crippen LogP contribution in [0.1, 0.15) is 12.5 Å². The number of likely N-dealkylation sites (N-methyl/N-ethyl adjacent to an activating group) is 1. The Bertz CT molecular complexity index is 401. The molecule has 1 aromatic rings. The number of anilines is 1. The number of benzene rings is 1. The molecule has 1 unspecified atom stereocenters. The summed E-state index contributed by atoms with van der Waals surface area (Å²) in [7, 11) is 1.60. The van der Waals surface area contributed by atoms with Gasteiger partial charge in [0.15, 0.2) is 0 Å². The molecule has 0 fully saturated rings. The lowest BCUT2D eigenvalue weighted by Crippen LogP contribution is -2.21. The molecular formula is C12H15ClN2O2. The molecule has 1 aromatic carbocycles. The highest BCUT2D eigenvalue weighted by molar-refractivity contribution is 6.32. The third-order valence-electron chi connectivity index (χ3n) is 2.23. The lowest BCUT2D eigenvalue weighted by Gasteiger charge is -2.07. The average Bonchev–Trinajstić information content (AvgIpc) is 2.31. The van der Waals surface area contributed by atoms with Gasteiger partial charge in [-0.3, -0.25) is 9.59 Å². The average molecular weight is 255 g/mol. The first-order valence-corrected chi connectivity index (χ1v) is 5.71. The summed E-state index contributed by atoms with van der Waals surface area (Å²) in [4.78, 5) is 22.4. The number of halogens is 1. The molecule has 0 saturated heterocycles. The fraction of sp³-hybridized carbons (Fsp3) is 0.333. The van der Waals surface area contributed by atoms with E-state index in [1.165, 1.54) is 0 Å². The summed E-state index contributed by atoms with van der Waals surface area (Å²) in [6.45, 7) is 1.61. The lowest BCUT2D eigenvalue weighted by atomic mass is 10.1. The molecule has 0 spiro atoms. The van der Waals surface area contributed by atoms with E-state index in [1.54, 1.807) is 38.2 Å². The van der Waals surface area contributed by atoms with E-state index in [0.29, 0.717) is 12.1 Å². The third-order valence-corrected chi connectivity index (χ3v) is 2.42. The summed E-state index contributed by atoms with van der Waals surface area (Å²) >= 11 is 5.63. The van der Waals surface area contributed by atoms with Gasteiger partial charge in [-0.2, -0.15) is 0 Å². The van der Waals surface area contributed by atoms with Gasteiger partial charge < -0.3 is 10.6 Å². The van der Waals surface area contributed by atoms with Crippen molar-refractivity contribution in [3.8, 4) is 0 Å². The van der Waals surface area contributed by atoms with E-state index < -0.39 is 5.38 Å². The molecule has 2 amide bonds. The van der Waals surface area contributed by atoms with Crippen molar-refractivity contribution in [3.05, 3.63) is 29.8 Å². The zero-order valence-electron chi connectivity index (χ0n) is 9.79. The van der Waals surface area contributed by atoms with Crippen molar-refractivity contribution >= 4 is 29.1 Å².